The Balaban J connectivity index is 2.26. The van der Waals surface area contributed by atoms with Crippen LogP contribution in [0, 0.1) is 5.41 Å². The van der Waals surface area contributed by atoms with Crippen molar-refractivity contribution >= 4 is 17.3 Å². The maximum Gasteiger partial charge on any atom is 0.416 e. The fraction of sp³-hybridized carbons (Fsp3) is 0.462. The summed E-state index contributed by atoms with van der Waals surface area (Å²) in [4.78, 5) is 13.2. The van der Waals surface area contributed by atoms with Crippen molar-refractivity contribution in [2.45, 2.75) is 19.5 Å². The quantitative estimate of drug-likeness (QED) is 0.817. The normalized spacial score (nSPS) is 23.1. The maximum atomic E-state index is 12.6. The number of carbonyl (C=O) groups excluding carboxylic acids is 1. The molecule has 20 heavy (non-hydrogen) atoms. The second-order valence-corrected chi connectivity index (χ2v) is 5.37. The van der Waals surface area contributed by atoms with Crippen molar-refractivity contribution in [2.75, 3.05) is 23.7 Å². The van der Waals surface area contributed by atoms with Crippen LogP contribution in [0.15, 0.2) is 18.2 Å². The third-order valence-corrected chi connectivity index (χ3v) is 3.76. The van der Waals surface area contributed by atoms with E-state index in [9.17, 15) is 18.0 Å². The molecule has 1 amide bonds. The number of amides is 1. The first-order valence-electron chi connectivity index (χ1n) is 6.15. The number of anilines is 2. The van der Waals surface area contributed by atoms with E-state index >= 15 is 0 Å². The molecule has 1 unspecified atom stereocenters. The van der Waals surface area contributed by atoms with E-state index in [1.807, 2.05) is 0 Å². The monoisotopic (exact) mass is 287 g/mol. The fourth-order valence-corrected chi connectivity index (χ4v) is 2.39. The van der Waals surface area contributed by atoms with Crippen molar-refractivity contribution in [1.82, 2.24) is 0 Å². The van der Waals surface area contributed by atoms with E-state index in [0.717, 1.165) is 12.1 Å². The Kier molecular flexibility index (Phi) is 3.31. The maximum absolute atomic E-state index is 12.6. The summed E-state index contributed by atoms with van der Waals surface area (Å²) < 4.78 is 37.7. The van der Waals surface area contributed by atoms with Gasteiger partial charge in [-0.1, -0.05) is 0 Å². The molecular weight excluding hydrogens is 271 g/mol. The molecular formula is C13H16F3N3O. The van der Waals surface area contributed by atoms with Crippen LogP contribution in [0.4, 0.5) is 24.5 Å². The van der Waals surface area contributed by atoms with Crippen molar-refractivity contribution < 1.29 is 18.0 Å². The Morgan fingerprint density at radius 2 is 2.05 bits per heavy atom. The van der Waals surface area contributed by atoms with Gasteiger partial charge in [-0.05, 0) is 31.5 Å². The Labute approximate surface area is 114 Å². The number of rotatable bonds is 2. The number of carbonyl (C=O) groups is 1. The molecule has 1 atom stereocenters. The van der Waals surface area contributed by atoms with Crippen molar-refractivity contribution in [1.29, 1.82) is 0 Å². The molecule has 0 saturated carbocycles. The van der Waals surface area contributed by atoms with Gasteiger partial charge in [-0.15, -0.1) is 0 Å². The molecule has 1 fully saturated rings. The molecule has 0 aromatic heterocycles. The van der Waals surface area contributed by atoms with Gasteiger partial charge in [0.2, 0.25) is 5.91 Å². The van der Waals surface area contributed by atoms with Crippen LogP contribution in [0.25, 0.3) is 0 Å². The highest BCUT2D eigenvalue weighted by atomic mass is 19.4. The molecule has 1 aromatic rings. The molecule has 1 aromatic carbocycles. The van der Waals surface area contributed by atoms with Gasteiger partial charge in [0, 0.05) is 13.1 Å². The first kappa shape index (κ1) is 14.5. The Hall–Kier alpha value is -1.92. The average molecular weight is 287 g/mol. The smallest absolute Gasteiger partial charge is 0.397 e. The number of benzene rings is 1. The minimum atomic E-state index is -4.42. The van der Waals surface area contributed by atoms with Crippen LogP contribution in [-0.4, -0.2) is 19.0 Å². The van der Waals surface area contributed by atoms with E-state index in [-0.39, 0.29) is 5.69 Å². The second-order valence-electron chi connectivity index (χ2n) is 5.37. The van der Waals surface area contributed by atoms with Crippen molar-refractivity contribution in [3.63, 3.8) is 0 Å². The predicted molar refractivity (Wildman–Crippen MR) is 70.0 cm³/mol. The summed E-state index contributed by atoms with van der Waals surface area (Å²) in [6.45, 7) is 2.64. The van der Waals surface area contributed by atoms with Gasteiger partial charge >= 0.3 is 6.18 Å². The third kappa shape index (κ3) is 2.52. The van der Waals surface area contributed by atoms with Gasteiger partial charge in [0.25, 0.3) is 0 Å². The number of nitrogens with two attached hydrogens (primary N) is 2. The number of hydrogen-bond acceptors (Lipinski definition) is 3. The summed E-state index contributed by atoms with van der Waals surface area (Å²) in [5, 5.41) is 0. The second kappa shape index (κ2) is 4.57. The van der Waals surface area contributed by atoms with Crippen LogP contribution in [0.1, 0.15) is 18.9 Å². The minimum absolute atomic E-state index is 0.0496. The highest BCUT2D eigenvalue weighted by molar-refractivity contribution is 5.82. The third-order valence-electron chi connectivity index (χ3n) is 3.76. The number of nitrogens with zero attached hydrogens (tertiary/aromatic N) is 1. The Morgan fingerprint density at radius 1 is 1.40 bits per heavy atom. The van der Waals surface area contributed by atoms with Crippen LogP contribution in [0.5, 0.6) is 0 Å². The molecule has 1 saturated heterocycles. The average Bonchev–Trinajstić information content (AvgIpc) is 2.72. The molecule has 7 heteroatoms. The Bertz CT molecular complexity index is 544. The van der Waals surface area contributed by atoms with Crippen molar-refractivity contribution in [3.05, 3.63) is 23.8 Å². The molecule has 1 aliphatic heterocycles. The minimum Gasteiger partial charge on any atom is -0.397 e. The molecule has 1 heterocycles. The van der Waals surface area contributed by atoms with E-state index in [1.54, 1.807) is 11.8 Å². The van der Waals surface area contributed by atoms with E-state index in [0.29, 0.717) is 25.2 Å². The van der Waals surface area contributed by atoms with E-state index in [2.05, 4.69) is 0 Å². The zero-order valence-corrected chi connectivity index (χ0v) is 11.0. The van der Waals surface area contributed by atoms with Gasteiger partial charge in [0.05, 0.1) is 22.4 Å². The molecule has 0 bridgehead atoms. The first-order chi connectivity index (χ1) is 9.13. The van der Waals surface area contributed by atoms with E-state index in [4.69, 9.17) is 11.5 Å². The van der Waals surface area contributed by atoms with Crippen LogP contribution in [0.2, 0.25) is 0 Å². The van der Waals surface area contributed by atoms with Crippen LogP contribution < -0.4 is 16.4 Å². The van der Waals surface area contributed by atoms with Crippen molar-refractivity contribution in [3.8, 4) is 0 Å². The molecule has 0 radical (unpaired) electrons. The SMILES string of the molecule is CC1(C(N)=O)CCN(c2ccc(C(F)(F)F)cc2N)C1. The molecule has 0 spiro atoms. The lowest BCUT2D eigenvalue weighted by Gasteiger charge is -2.24. The van der Waals surface area contributed by atoms with E-state index in [1.165, 1.54) is 6.07 Å². The number of halogens is 3. The zero-order valence-electron chi connectivity index (χ0n) is 11.0. The highest BCUT2D eigenvalue weighted by Gasteiger charge is 2.39. The molecule has 4 nitrogen and oxygen atoms in total. The van der Waals surface area contributed by atoms with Crippen molar-refractivity contribution in [2.24, 2.45) is 11.1 Å². The van der Waals surface area contributed by atoms with Gasteiger partial charge < -0.3 is 16.4 Å². The van der Waals surface area contributed by atoms with Gasteiger partial charge in [0.15, 0.2) is 0 Å². The lowest BCUT2D eigenvalue weighted by Crippen LogP contribution is -2.37. The van der Waals surface area contributed by atoms with Crippen LogP contribution in [-0.2, 0) is 11.0 Å². The molecule has 110 valence electrons. The van der Waals surface area contributed by atoms with Gasteiger partial charge in [-0.2, -0.15) is 13.2 Å². The largest absolute Gasteiger partial charge is 0.416 e. The summed E-state index contributed by atoms with van der Waals surface area (Å²) in [5.41, 5.74) is 10.1. The topological polar surface area (TPSA) is 72.4 Å². The number of nitrogen functional groups attached to an aromatic ring is 1. The standard InChI is InChI=1S/C13H16F3N3O/c1-12(11(18)20)4-5-19(7-12)10-3-2-8(6-9(10)17)13(14,15)16/h2-3,6H,4-5,7,17H2,1H3,(H2,18,20). The Morgan fingerprint density at radius 3 is 2.50 bits per heavy atom. The lowest BCUT2D eigenvalue weighted by atomic mass is 9.89. The van der Waals surface area contributed by atoms with Gasteiger partial charge in [0.1, 0.15) is 0 Å². The number of alkyl halides is 3. The van der Waals surface area contributed by atoms with Crippen LogP contribution in [0.3, 0.4) is 0 Å². The molecule has 1 aliphatic rings. The van der Waals surface area contributed by atoms with E-state index < -0.39 is 23.1 Å². The fourth-order valence-electron chi connectivity index (χ4n) is 2.39. The predicted octanol–water partition coefficient (Wildman–Crippen LogP) is 1.99. The summed E-state index contributed by atoms with van der Waals surface area (Å²) in [6, 6.07) is 3.24. The highest BCUT2D eigenvalue weighted by Crippen LogP contribution is 2.38. The molecule has 2 rings (SSSR count). The zero-order chi connectivity index (χ0) is 15.1. The summed E-state index contributed by atoms with van der Waals surface area (Å²) in [6.07, 6.45) is -3.86. The van der Waals surface area contributed by atoms with Gasteiger partial charge in [-0.3, -0.25) is 4.79 Å². The number of hydrogen-bond donors (Lipinski definition) is 2. The number of primary amides is 1. The lowest BCUT2D eigenvalue weighted by molar-refractivity contribution is -0.137. The summed E-state index contributed by atoms with van der Waals surface area (Å²) in [5.74, 6) is -0.412. The summed E-state index contributed by atoms with van der Waals surface area (Å²) >= 11 is 0. The summed E-state index contributed by atoms with van der Waals surface area (Å²) in [7, 11) is 0. The molecule has 0 aliphatic carbocycles. The van der Waals surface area contributed by atoms with Gasteiger partial charge in [-0.25, -0.2) is 0 Å². The van der Waals surface area contributed by atoms with Crippen LogP contribution >= 0.6 is 0 Å². The first-order valence-corrected chi connectivity index (χ1v) is 6.15. The molecule has 4 N–H and O–H groups in total.